The van der Waals surface area contributed by atoms with Gasteiger partial charge in [0, 0.05) is 18.7 Å². The summed E-state index contributed by atoms with van der Waals surface area (Å²) < 4.78 is 21.6. The van der Waals surface area contributed by atoms with Crippen LogP contribution < -0.4 is 29.6 Å². The van der Waals surface area contributed by atoms with Gasteiger partial charge in [0.05, 0.1) is 20.8 Å². The minimum absolute atomic E-state index is 0.294. The number of benzene rings is 2. The van der Waals surface area contributed by atoms with Crippen LogP contribution in [0, 0.1) is 0 Å². The molecule has 2 aromatic carbocycles. The van der Waals surface area contributed by atoms with Crippen molar-refractivity contribution in [2.45, 2.75) is 19.9 Å². The van der Waals surface area contributed by atoms with E-state index in [1.54, 1.807) is 14.2 Å². The third kappa shape index (κ3) is 4.79. The molecule has 0 atom stereocenters. The Labute approximate surface area is 165 Å². The van der Waals surface area contributed by atoms with Gasteiger partial charge in [-0.05, 0) is 37.1 Å². The molecule has 150 valence electrons. The molecule has 1 aliphatic heterocycles. The highest BCUT2D eigenvalue weighted by atomic mass is 16.7. The molecule has 0 radical (unpaired) electrons. The standard InChI is InChI=1S/C21H27N3O4/c1-4-22-21(24-13-16-6-5-7-18(25-2)20(16)26-3)23-11-10-15-8-9-17-19(12-15)28-14-27-17/h5-9,12H,4,10-11,13-14H2,1-3H3,(H2,22,23,24). The number of hydrogen-bond donors (Lipinski definition) is 2. The van der Waals surface area contributed by atoms with Gasteiger partial charge in [0.15, 0.2) is 29.0 Å². The monoisotopic (exact) mass is 385 g/mol. The van der Waals surface area contributed by atoms with Crippen molar-refractivity contribution in [1.29, 1.82) is 0 Å². The molecule has 1 aliphatic rings. The number of hydrogen-bond acceptors (Lipinski definition) is 5. The van der Waals surface area contributed by atoms with Gasteiger partial charge < -0.3 is 29.6 Å². The molecule has 2 aromatic rings. The van der Waals surface area contributed by atoms with E-state index in [1.807, 2.05) is 37.3 Å². The van der Waals surface area contributed by atoms with Crippen molar-refractivity contribution in [3.05, 3.63) is 47.5 Å². The van der Waals surface area contributed by atoms with Gasteiger partial charge in [0.1, 0.15) is 0 Å². The first kappa shape index (κ1) is 19.7. The molecule has 0 unspecified atom stereocenters. The summed E-state index contributed by atoms with van der Waals surface area (Å²) in [5.41, 5.74) is 2.15. The number of rotatable bonds is 8. The predicted molar refractivity (Wildman–Crippen MR) is 109 cm³/mol. The maximum Gasteiger partial charge on any atom is 0.231 e. The van der Waals surface area contributed by atoms with Gasteiger partial charge >= 0.3 is 0 Å². The summed E-state index contributed by atoms with van der Waals surface area (Å²) in [6.45, 7) is 4.36. The van der Waals surface area contributed by atoms with Crippen LogP contribution in [0.3, 0.4) is 0 Å². The quantitative estimate of drug-likeness (QED) is 0.538. The molecule has 7 heteroatoms. The first-order valence-corrected chi connectivity index (χ1v) is 9.35. The first-order chi connectivity index (χ1) is 13.7. The molecule has 0 amide bonds. The molecule has 0 saturated carbocycles. The zero-order valence-corrected chi connectivity index (χ0v) is 16.6. The fraction of sp³-hybridized carbons (Fsp3) is 0.381. The van der Waals surface area contributed by atoms with Crippen molar-refractivity contribution in [3.63, 3.8) is 0 Å². The van der Waals surface area contributed by atoms with Crippen molar-refractivity contribution in [2.75, 3.05) is 34.1 Å². The summed E-state index contributed by atoms with van der Waals surface area (Å²) in [5.74, 6) is 3.79. The van der Waals surface area contributed by atoms with Crippen LogP contribution in [0.4, 0.5) is 0 Å². The molecule has 0 bridgehead atoms. The van der Waals surface area contributed by atoms with Crippen LogP contribution in [0.15, 0.2) is 41.4 Å². The molecule has 0 aliphatic carbocycles. The van der Waals surface area contributed by atoms with Crippen LogP contribution in [0.1, 0.15) is 18.1 Å². The van der Waals surface area contributed by atoms with Gasteiger partial charge in [-0.1, -0.05) is 18.2 Å². The summed E-state index contributed by atoms with van der Waals surface area (Å²) >= 11 is 0. The van der Waals surface area contributed by atoms with E-state index in [2.05, 4.69) is 21.7 Å². The maximum atomic E-state index is 5.48. The number of nitrogens with zero attached hydrogens (tertiary/aromatic N) is 1. The van der Waals surface area contributed by atoms with Crippen LogP contribution in [0.5, 0.6) is 23.0 Å². The molecule has 1 heterocycles. The van der Waals surface area contributed by atoms with E-state index in [9.17, 15) is 0 Å². The third-order valence-electron chi connectivity index (χ3n) is 4.38. The minimum atomic E-state index is 0.294. The van der Waals surface area contributed by atoms with E-state index in [0.29, 0.717) is 24.8 Å². The summed E-state index contributed by atoms with van der Waals surface area (Å²) in [6, 6.07) is 11.8. The van der Waals surface area contributed by atoms with E-state index in [-0.39, 0.29) is 0 Å². The summed E-state index contributed by atoms with van der Waals surface area (Å²) in [6.07, 6.45) is 0.851. The Morgan fingerprint density at radius 3 is 2.71 bits per heavy atom. The summed E-state index contributed by atoms with van der Waals surface area (Å²) in [4.78, 5) is 4.67. The Morgan fingerprint density at radius 2 is 1.93 bits per heavy atom. The second-order valence-electron chi connectivity index (χ2n) is 6.21. The highest BCUT2D eigenvalue weighted by molar-refractivity contribution is 5.79. The van der Waals surface area contributed by atoms with E-state index >= 15 is 0 Å². The molecule has 0 fully saturated rings. The Kier molecular flexibility index (Phi) is 6.84. The Balaban J connectivity index is 1.60. The van der Waals surface area contributed by atoms with Gasteiger partial charge in [0.25, 0.3) is 0 Å². The van der Waals surface area contributed by atoms with E-state index in [4.69, 9.17) is 18.9 Å². The Bertz CT molecular complexity index is 823. The summed E-state index contributed by atoms with van der Waals surface area (Å²) in [7, 11) is 3.27. The van der Waals surface area contributed by atoms with Crippen LogP contribution in [-0.4, -0.2) is 40.1 Å². The zero-order chi connectivity index (χ0) is 19.8. The molecular weight excluding hydrogens is 358 g/mol. The fourth-order valence-corrected chi connectivity index (χ4v) is 3.01. The highest BCUT2D eigenvalue weighted by Crippen LogP contribution is 2.32. The highest BCUT2D eigenvalue weighted by Gasteiger charge is 2.13. The smallest absolute Gasteiger partial charge is 0.231 e. The molecule has 7 nitrogen and oxygen atoms in total. The molecule has 0 saturated heterocycles. The fourth-order valence-electron chi connectivity index (χ4n) is 3.01. The lowest BCUT2D eigenvalue weighted by Gasteiger charge is -2.13. The second kappa shape index (κ2) is 9.73. The van der Waals surface area contributed by atoms with Crippen molar-refractivity contribution in [2.24, 2.45) is 4.99 Å². The van der Waals surface area contributed by atoms with Crippen LogP contribution in [0.25, 0.3) is 0 Å². The third-order valence-corrected chi connectivity index (χ3v) is 4.38. The molecule has 3 rings (SSSR count). The number of guanidine groups is 1. The van der Waals surface area contributed by atoms with Gasteiger partial charge in [0.2, 0.25) is 6.79 Å². The number of nitrogens with one attached hydrogen (secondary N) is 2. The SMILES string of the molecule is CCNC(=NCc1cccc(OC)c1OC)NCCc1ccc2c(c1)OCO2. The van der Waals surface area contributed by atoms with Crippen LogP contribution >= 0.6 is 0 Å². The number of ether oxygens (including phenoxy) is 4. The minimum Gasteiger partial charge on any atom is -0.493 e. The second-order valence-corrected chi connectivity index (χ2v) is 6.21. The van der Waals surface area contributed by atoms with E-state index in [1.165, 1.54) is 5.56 Å². The normalized spacial score (nSPS) is 12.6. The largest absolute Gasteiger partial charge is 0.493 e. The van der Waals surface area contributed by atoms with E-state index in [0.717, 1.165) is 42.5 Å². The zero-order valence-electron chi connectivity index (χ0n) is 16.6. The van der Waals surface area contributed by atoms with Gasteiger partial charge in [-0.15, -0.1) is 0 Å². The Hall–Kier alpha value is -3.09. The average Bonchev–Trinajstić information content (AvgIpc) is 3.19. The number of fused-ring (bicyclic) bond motifs is 1. The van der Waals surface area contributed by atoms with E-state index < -0.39 is 0 Å². The van der Waals surface area contributed by atoms with Crippen LogP contribution in [-0.2, 0) is 13.0 Å². The van der Waals surface area contributed by atoms with Gasteiger partial charge in [-0.3, -0.25) is 0 Å². The maximum absolute atomic E-state index is 5.48. The molecule has 28 heavy (non-hydrogen) atoms. The average molecular weight is 385 g/mol. The topological polar surface area (TPSA) is 73.3 Å². The Morgan fingerprint density at radius 1 is 1.07 bits per heavy atom. The molecule has 0 spiro atoms. The lowest BCUT2D eigenvalue weighted by atomic mass is 10.1. The lowest BCUT2D eigenvalue weighted by Crippen LogP contribution is -2.38. The van der Waals surface area contributed by atoms with Crippen molar-refractivity contribution in [1.82, 2.24) is 10.6 Å². The number of methoxy groups -OCH3 is 2. The molecular formula is C21H27N3O4. The van der Waals surface area contributed by atoms with Crippen LogP contribution in [0.2, 0.25) is 0 Å². The van der Waals surface area contributed by atoms with Crippen molar-refractivity contribution >= 4 is 5.96 Å². The number of para-hydroxylation sites is 1. The number of aliphatic imine (C=N–C) groups is 1. The lowest BCUT2D eigenvalue weighted by molar-refractivity contribution is 0.174. The molecule has 0 aromatic heterocycles. The first-order valence-electron chi connectivity index (χ1n) is 9.35. The molecule has 2 N–H and O–H groups in total. The van der Waals surface area contributed by atoms with Crippen molar-refractivity contribution in [3.8, 4) is 23.0 Å². The van der Waals surface area contributed by atoms with Gasteiger partial charge in [-0.2, -0.15) is 0 Å². The van der Waals surface area contributed by atoms with Gasteiger partial charge in [-0.25, -0.2) is 4.99 Å². The van der Waals surface area contributed by atoms with Crippen molar-refractivity contribution < 1.29 is 18.9 Å². The summed E-state index contributed by atoms with van der Waals surface area (Å²) in [5, 5.41) is 6.64. The predicted octanol–water partition coefficient (Wildman–Crippen LogP) is 2.73.